The predicted octanol–water partition coefficient (Wildman–Crippen LogP) is 4.23. The zero-order valence-corrected chi connectivity index (χ0v) is 21.1. The Morgan fingerprint density at radius 2 is 1.92 bits per heavy atom. The second-order valence-electron chi connectivity index (χ2n) is 9.78. The molecule has 4 rings (SSSR count). The number of carboxylic acids is 1. The van der Waals surface area contributed by atoms with Gasteiger partial charge in [0.05, 0.1) is 18.2 Å². The van der Waals surface area contributed by atoms with Crippen LogP contribution in [0.25, 0.3) is 11.1 Å². The van der Waals surface area contributed by atoms with Crippen molar-refractivity contribution in [1.82, 2.24) is 20.7 Å². The molecule has 2 unspecified atom stereocenters. The number of hydrogen-bond donors (Lipinski definition) is 3. The van der Waals surface area contributed by atoms with Gasteiger partial charge in [-0.05, 0) is 62.1 Å². The lowest BCUT2D eigenvalue weighted by atomic mass is 9.79. The molecule has 1 aliphatic rings. The fourth-order valence-electron chi connectivity index (χ4n) is 4.59. The number of hydrogen-bond acceptors (Lipinski definition) is 6. The molecule has 0 aliphatic carbocycles. The maximum absolute atomic E-state index is 12.8. The minimum absolute atomic E-state index is 0.152. The van der Waals surface area contributed by atoms with Crippen LogP contribution in [-0.2, 0) is 20.7 Å². The molecule has 37 heavy (non-hydrogen) atoms. The predicted molar refractivity (Wildman–Crippen MR) is 138 cm³/mol. The molecule has 1 amide bonds. The number of aromatic nitrogens is 3. The van der Waals surface area contributed by atoms with E-state index in [1.807, 2.05) is 42.5 Å². The Labute approximate surface area is 216 Å². The molecule has 196 valence electrons. The number of nitrogens with zero attached hydrogens (tertiary/aromatic N) is 2. The van der Waals surface area contributed by atoms with Crippen LogP contribution < -0.4 is 5.32 Å². The van der Waals surface area contributed by atoms with E-state index in [9.17, 15) is 14.7 Å². The van der Waals surface area contributed by atoms with Crippen molar-refractivity contribution in [2.24, 2.45) is 5.41 Å². The largest absolute Gasteiger partial charge is 0.481 e. The summed E-state index contributed by atoms with van der Waals surface area (Å²) in [6.07, 6.45) is 5.00. The number of nitrogens with one attached hydrogen (secondary N) is 2. The van der Waals surface area contributed by atoms with Crippen LogP contribution in [0.15, 0.2) is 60.8 Å². The van der Waals surface area contributed by atoms with Crippen molar-refractivity contribution < 1.29 is 24.2 Å². The highest BCUT2D eigenvalue weighted by Gasteiger charge is 2.37. The highest BCUT2D eigenvalue weighted by atomic mass is 16.7. The van der Waals surface area contributed by atoms with E-state index in [4.69, 9.17) is 9.47 Å². The zero-order valence-electron chi connectivity index (χ0n) is 21.1. The normalized spacial score (nSPS) is 18.0. The Kier molecular flexibility index (Phi) is 9.03. The van der Waals surface area contributed by atoms with Gasteiger partial charge in [-0.15, -0.1) is 5.10 Å². The van der Waals surface area contributed by atoms with Gasteiger partial charge in [0.25, 0.3) is 5.91 Å². The van der Waals surface area contributed by atoms with Gasteiger partial charge < -0.3 is 19.9 Å². The van der Waals surface area contributed by atoms with Gasteiger partial charge in [0.15, 0.2) is 12.0 Å². The van der Waals surface area contributed by atoms with Crippen molar-refractivity contribution in [2.45, 2.75) is 57.8 Å². The summed E-state index contributed by atoms with van der Waals surface area (Å²) in [7, 11) is 0. The van der Waals surface area contributed by atoms with Crippen molar-refractivity contribution in [3.05, 3.63) is 72.1 Å². The molecule has 3 aromatic rings. The van der Waals surface area contributed by atoms with Gasteiger partial charge in [-0.2, -0.15) is 0 Å². The monoisotopic (exact) mass is 506 g/mol. The average Bonchev–Trinajstić information content (AvgIpc) is 3.46. The van der Waals surface area contributed by atoms with E-state index in [0.29, 0.717) is 19.4 Å². The lowest BCUT2D eigenvalue weighted by Crippen LogP contribution is -2.43. The molecule has 1 saturated heterocycles. The zero-order chi connectivity index (χ0) is 26.1. The van der Waals surface area contributed by atoms with Gasteiger partial charge in [-0.3, -0.25) is 14.7 Å². The molecule has 3 atom stereocenters. The smallest absolute Gasteiger partial charge is 0.309 e. The molecule has 1 aliphatic heterocycles. The summed E-state index contributed by atoms with van der Waals surface area (Å²) in [6, 6.07) is 17.7. The third kappa shape index (κ3) is 7.47. The number of carboxylic acid groups (broad SMARTS) is 1. The molecule has 9 nitrogen and oxygen atoms in total. The van der Waals surface area contributed by atoms with Gasteiger partial charge in [0, 0.05) is 12.6 Å². The van der Waals surface area contributed by atoms with Crippen LogP contribution in [0.4, 0.5) is 0 Å². The molecule has 1 aromatic heterocycles. The molecule has 3 N–H and O–H groups in total. The molecule has 2 heterocycles. The molecule has 0 bridgehead atoms. The SMILES string of the molecule is CC(CCOC1CCCCO1)(C[C@@H](Cc1ccc(-c2ccccc2)cc1)NC(=O)c1c[nH]nn1)C(=O)O. The summed E-state index contributed by atoms with van der Waals surface area (Å²) in [4.78, 5) is 25.2. The number of aromatic amines is 1. The Balaban J connectivity index is 1.46. The molecule has 0 saturated carbocycles. The van der Waals surface area contributed by atoms with Crippen molar-refractivity contribution >= 4 is 11.9 Å². The standard InChI is InChI=1S/C28H34N4O5/c1-28(27(34)35,14-16-37-25-9-5-6-15-36-25)18-23(30-26(33)24-19-29-32-31-24)17-20-10-12-22(13-11-20)21-7-3-2-4-8-21/h2-4,7-8,10-13,19,23,25H,5-6,9,14-18H2,1H3,(H,30,33)(H,34,35)(H,29,31,32)/t23-,25?,28?/m1/s1. The van der Waals surface area contributed by atoms with E-state index < -0.39 is 23.3 Å². The van der Waals surface area contributed by atoms with E-state index in [-0.39, 0.29) is 25.0 Å². The number of carbonyl (C=O) groups is 2. The van der Waals surface area contributed by atoms with Crippen LogP contribution in [0.2, 0.25) is 0 Å². The highest BCUT2D eigenvalue weighted by molar-refractivity contribution is 5.92. The second kappa shape index (κ2) is 12.6. The number of H-pyrrole nitrogens is 1. The first-order valence-corrected chi connectivity index (χ1v) is 12.7. The molecular weight excluding hydrogens is 472 g/mol. The number of carbonyl (C=O) groups excluding carboxylic acids is 1. The lowest BCUT2D eigenvalue weighted by molar-refractivity contribution is -0.171. The molecule has 9 heteroatoms. The Morgan fingerprint density at radius 3 is 2.57 bits per heavy atom. The first-order valence-electron chi connectivity index (χ1n) is 12.7. The van der Waals surface area contributed by atoms with Gasteiger partial charge in [0.2, 0.25) is 0 Å². The molecule has 2 aromatic carbocycles. The van der Waals surface area contributed by atoms with Gasteiger partial charge in [-0.1, -0.05) is 59.8 Å². The van der Waals surface area contributed by atoms with Crippen LogP contribution in [0.5, 0.6) is 0 Å². The maximum Gasteiger partial charge on any atom is 0.309 e. The van der Waals surface area contributed by atoms with Crippen LogP contribution in [0.1, 0.15) is 55.1 Å². The van der Waals surface area contributed by atoms with Crippen LogP contribution >= 0.6 is 0 Å². The Morgan fingerprint density at radius 1 is 1.16 bits per heavy atom. The molecule has 0 spiro atoms. The fourth-order valence-corrected chi connectivity index (χ4v) is 4.59. The number of ether oxygens (including phenoxy) is 2. The lowest BCUT2D eigenvalue weighted by Gasteiger charge is -2.31. The third-order valence-corrected chi connectivity index (χ3v) is 6.84. The first kappa shape index (κ1) is 26.5. The van der Waals surface area contributed by atoms with Crippen LogP contribution in [0, 0.1) is 5.41 Å². The van der Waals surface area contributed by atoms with Crippen molar-refractivity contribution in [3.63, 3.8) is 0 Å². The van der Waals surface area contributed by atoms with E-state index in [1.165, 1.54) is 6.20 Å². The molecule has 0 radical (unpaired) electrons. The first-order chi connectivity index (χ1) is 17.9. The summed E-state index contributed by atoms with van der Waals surface area (Å²) in [5, 5.41) is 23.0. The Bertz CT molecular complexity index is 1130. The van der Waals surface area contributed by atoms with Gasteiger partial charge in [0.1, 0.15) is 0 Å². The highest BCUT2D eigenvalue weighted by Crippen LogP contribution is 2.30. The van der Waals surface area contributed by atoms with E-state index in [0.717, 1.165) is 36.0 Å². The minimum Gasteiger partial charge on any atom is -0.481 e. The summed E-state index contributed by atoms with van der Waals surface area (Å²) in [5.74, 6) is -1.33. The summed E-state index contributed by atoms with van der Waals surface area (Å²) in [6.45, 7) is 2.64. The van der Waals surface area contributed by atoms with E-state index in [2.05, 4.69) is 32.9 Å². The quantitative estimate of drug-likeness (QED) is 0.336. The van der Waals surface area contributed by atoms with Gasteiger partial charge >= 0.3 is 5.97 Å². The maximum atomic E-state index is 12.8. The average molecular weight is 507 g/mol. The summed E-state index contributed by atoms with van der Waals surface area (Å²) < 4.78 is 11.4. The Hall–Kier alpha value is -3.56. The topological polar surface area (TPSA) is 126 Å². The number of amides is 1. The minimum atomic E-state index is -1.11. The summed E-state index contributed by atoms with van der Waals surface area (Å²) in [5.41, 5.74) is 2.24. The van der Waals surface area contributed by atoms with Crippen LogP contribution in [0.3, 0.4) is 0 Å². The van der Waals surface area contributed by atoms with E-state index in [1.54, 1.807) is 6.92 Å². The fraction of sp³-hybridized carbons (Fsp3) is 0.429. The number of aliphatic carboxylic acids is 1. The van der Waals surface area contributed by atoms with Gasteiger partial charge in [-0.25, -0.2) is 0 Å². The number of rotatable bonds is 12. The van der Waals surface area contributed by atoms with Crippen LogP contribution in [-0.4, -0.2) is 57.9 Å². The summed E-state index contributed by atoms with van der Waals surface area (Å²) >= 11 is 0. The third-order valence-electron chi connectivity index (χ3n) is 6.84. The van der Waals surface area contributed by atoms with Crippen molar-refractivity contribution in [2.75, 3.05) is 13.2 Å². The second-order valence-corrected chi connectivity index (χ2v) is 9.78. The molecular formula is C28H34N4O5. The van der Waals surface area contributed by atoms with E-state index >= 15 is 0 Å². The number of benzene rings is 2. The van der Waals surface area contributed by atoms with Crippen molar-refractivity contribution in [3.8, 4) is 11.1 Å². The van der Waals surface area contributed by atoms with Crippen molar-refractivity contribution in [1.29, 1.82) is 0 Å². The molecule has 1 fully saturated rings.